The lowest BCUT2D eigenvalue weighted by Crippen LogP contribution is -2.16. The molecule has 2 aromatic carbocycles. The zero-order valence-corrected chi connectivity index (χ0v) is 15.7. The van der Waals surface area contributed by atoms with Crippen molar-refractivity contribution in [1.82, 2.24) is 9.97 Å². The average Bonchev–Trinajstić information content (AvgIpc) is 2.74. The Morgan fingerprint density at radius 1 is 1.07 bits per heavy atom. The molecule has 0 aliphatic rings. The highest BCUT2D eigenvalue weighted by atomic mass is 19.1. The summed E-state index contributed by atoms with van der Waals surface area (Å²) < 4.78 is 18.4. The van der Waals surface area contributed by atoms with E-state index in [9.17, 15) is 9.18 Å². The minimum absolute atomic E-state index is 0.178. The molecule has 1 N–H and O–H groups in total. The molecule has 144 valence electrons. The van der Waals surface area contributed by atoms with E-state index in [2.05, 4.69) is 15.3 Å². The fraction of sp³-hybridized carbons (Fsp3) is 0.0870. The maximum absolute atomic E-state index is 13.2. The number of aromatic nitrogens is 2. The molecular weight excluding hydrogens is 369 g/mol. The largest absolute Gasteiger partial charge is 0.378 e. The lowest BCUT2D eigenvalue weighted by Gasteiger charge is -2.12. The molecule has 0 bridgehead atoms. The molecule has 4 aromatic rings. The minimum atomic E-state index is -0.313. The third-order valence-corrected chi connectivity index (χ3v) is 4.50. The average molecular weight is 387 g/mol. The first-order chi connectivity index (χ1) is 14.1. The van der Waals surface area contributed by atoms with Crippen LogP contribution in [0.5, 0.6) is 0 Å². The predicted octanol–water partition coefficient (Wildman–Crippen LogP) is 4.83. The van der Waals surface area contributed by atoms with E-state index in [1.54, 1.807) is 37.6 Å². The molecule has 0 saturated carbocycles. The first-order valence-corrected chi connectivity index (χ1v) is 9.05. The Labute approximate surface area is 167 Å². The minimum Gasteiger partial charge on any atom is -0.378 e. The number of carbonyl (C=O) groups excluding carboxylic acids is 1. The summed E-state index contributed by atoms with van der Waals surface area (Å²) in [5.41, 5.74) is 3.77. The van der Waals surface area contributed by atoms with E-state index in [1.807, 2.05) is 30.3 Å². The van der Waals surface area contributed by atoms with Gasteiger partial charge in [-0.05, 0) is 54.6 Å². The molecule has 1 amide bonds. The number of ether oxygens (including phenoxy) is 1. The number of halogens is 1. The van der Waals surface area contributed by atoms with Gasteiger partial charge in [0.15, 0.2) is 0 Å². The van der Waals surface area contributed by atoms with Crippen LogP contribution in [-0.4, -0.2) is 23.0 Å². The van der Waals surface area contributed by atoms with Crippen LogP contribution < -0.4 is 5.32 Å². The van der Waals surface area contributed by atoms with Gasteiger partial charge in [-0.15, -0.1) is 0 Å². The molecule has 0 saturated heterocycles. The van der Waals surface area contributed by atoms with Crippen LogP contribution in [0, 0.1) is 5.82 Å². The van der Waals surface area contributed by atoms with Crippen LogP contribution in [0.25, 0.3) is 22.2 Å². The number of nitrogens with zero attached hydrogens (tertiary/aromatic N) is 2. The van der Waals surface area contributed by atoms with Gasteiger partial charge in [0.2, 0.25) is 0 Å². The number of hydrogen-bond acceptors (Lipinski definition) is 4. The molecule has 0 aliphatic heterocycles. The zero-order valence-electron chi connectivity index (χ0n) is 15.7. The predicted molar refractivity (Wildman–Crippen MR) is 110 cm³/mol. The third-order valence-electron chi connectivity index (χ3n) is 4.50. The van der Waals surface area contributed by atoms with Crippen molar-refractivity contribution >= 4 is 22.5 Å². The molecule has 2 heterocycles. The molecule has 29 heavy (non-hydrogen) atoms. The van der Waals surface area contributed by atoms with Gasteiger partial charge in [0, 0.05) is 29.9 Å². The van der Waals surface area contributed by atoms with Crippen molar-refractivity contribution in [3.8, 4) is 11.3 Å². The molecule has 6 heteroatoms. The number of hydrogen-bond donors (Lipinski definition) is 1. The normalized spacial score (nSPS) is 10.8. The fourth-order valence-corrected chi connectivity index (χ4v) is 3.08. The van der Waals surface area contributed by atoms with Crippen LogP contribution in [0.3, 0.4) is 0 Å². The summed E-state index contributed by atoms with van der Waals surface area (Å²) in [7, 11) is 1.54. The summed E-state index contributed by atoms with van der Waals surface area (Å²) in [4.78, 5) is 21.7. The molecule has 0 spiro atoms. The number of benzene rings is 2. The van der Waals surface area contributed by atoms with E-state index in [0.717, 1.165) is 16.5 Å². The SMILES string of the molecule is COCc1nc(-c2ccc(F)cc2)ccc1C(=O)Nc1ccc2cccnc2c1. The zero-order chi connectivity index (χ0) is 20.2. The Morgan fingerprint density at radius 2 is 1.90 bits per heavy atom. The quantitative estimate of drug-likeness (QED) is 0.532. The van der Waals surface area contributed by atoms with E-state index in [0.29, 0.717) is 22.6 Å². The van der Waals surface area contributed by atoms with Crippen molar-refractivity contribution in [3.63, 3.8) is 0 Å². The lowest BCUT2D eigenvalue weighted by molar-refractivity contribution is 0.102. The topological polar surface area (TPSA) is 64.1 Å². The molecule has 5 nitrogen and oxygen atoms in total. The van der Waals surface area contributed by atoms with Crippen molar-refractivity contribution in [1.29, 1.82) is 0 Å². The van der Waals surface area contributed by atoms with Crippen LogP contribution in [0.4, 0.5) is 10.1 Å². The second-order valence-corrected chi connectivity index (χ2v) is 6.50. The van der Waals surface area contributed by atoms with Gasteiger partial charge in [0.05, 0.1) is 29.1 Å². The maximum atomic E-state index is 13.2. The molecule has 0 atom stereocenters. The van der Waals surface area contributed by atoms with Gasteiger partial charge in [-0.2, -0.15) is 0 Å². The van der Waals surface area contributed by atoms with Crippen LogP contribution in [-0.2, 0) is 11.3 Å². The standard InChI is InChI=1S/C23H18FN3O2/c1-29-14-22-19(10-11-20(27-22)16-4-7-17(24)8-5-16)23(28)26-18-9-6-15-3-2-12-25-21(15)13-18/h2-13H,14H2,1H3,(H,26,28). The number of pyridine rings is 2. The number of anilines is 1. The van der Waals surface area contributed by atoms with Crippen LogP contribution in [0.2, 0.25) is 0 Å². The summed E-state index contributed by atoms with van der Waals surface area (Å²) in [6.45, 7) is 0.178. The second kappa shape index (κ2) is 8.16. The summed E-state index contributed by atoms with van der Waals surface area (Å²) in [6, 6.07) is 18.9. The number of nitrogens with one attached hydrogen (secondary N) is 1. The Bertz CT molecular complexity index is 1180. The van der Waals surface area contributed by atoms with Crippen LogP contribution in [0.1, 0.15) is 16.1 Å². The number of rotatable bonds is 5. The first kappa shape index (κ1) is 18.7. The van der Waals surface area contributed by atoms with Gasteiger partial charge < -0.3 is 10.1 Å². The van der Waals surface area contributed by atoms with Crippen molar-refractivity contribution < 1.29 is 13.9 Å². The first-order valence-electron chi connectivity index (χ1n) is 9.05. The Balaban J connectivity index is 1.63. The Morgan fingerprint density at radius 3 is 2.69 bits per heavy atom. The third kappa shape index (κ3) is 4.12. The van der Waals surface area contributed by atoms with E-state index >= 15 is 0 Å². The lowest BCUT2D eigenvalue weighted by atomic mass is 10.1. The van der Waals surface area contributed by atoms with Crippen molar-refractivity contribution in [2.75, 3.05) is 12.4 Å². The van der Waals surface area contributed by atoms with E-state index in [-0.39, 0.29) is 18.3 Å². The molecule has 0 unspecified atom stereocenters. The number of methoxy groups -OCH3 is 1. The van der Waals surface area contributed by atoms with Gasteiger partial charge in [-0.3, -0.25) is 9.78 Å². The summed E-state index contributed by atoms with van der Waals surface area (Å²) in [6.07, 6.45) is 1.71. The van der Waals surface area contributed by atoms with E-state index < -0.39 is 0 Å². The van der Waals surface area contributed by atoms with Crippen molar-refractivity contribution in [3.05, 3.63) is 90.0 Å². The monoisotopic (exact) mass is 387 g/mol. The van der Waals surface area contributed by atoms with Gasteiger partial charge in [0.25, 0.3) is 5.91 Å². The van der Waals surface area contributed by atoms with E-state index in [1.165, 1.54) is 12.1 Å². The highest BCUT2D eigenvalue weighted by Crippen LogP contribution is 2.22. The van der Waals surface area contributed by atoms with Crippen LogP contribution in [0.15, 0.2) is 72.9 Å². The number of amides is 1. The van der Waals surface area contributed by atoms with Gasteiger partial charge in [-0.25, -0.2) is 9.37 Å². The van der Waals surface area contributed by atoms with Crippen molar-refractivity contribution in [2.45, 2.75) is 6.61 Å². The Kier molecular flexibility index (Phi) is 5.27. The smallest absolute Gasteiger partial charge is 0.257 e. The number of carbonyl (C=O) groups is 1. The fourth-order valence-electron chi connectivity index (χ4n) is 3.08. The molecule has 0 fully saturated rings. The maximum Gasteiger partial charge on any atom is 0.257 e. The van der Waals surface area contributed by atoms with Gasteiger partial charge >= 0.3 is 0 Å². The molecule has 4 rings (SSSR count). The summed E-state index contributed by atoms with van der Waals surface area (Å²) >= 11 is 0. The molecule has 2 aromatic heterocycles. The molecule has 0 aliphatic carbocycles. The van der Waals surface area contributed by atoms with Crippen molar-refractivity contribution in [2.24, 2.45) is 0 Å². The van der Waals surface area contributed by atoms with E-state index in [4.69, 9.17) is 4.74 Å². The summed E-state index contributed by atoms with van der Waals surface area (Å²) in [5, 5.41) is 3.89. The second-order valence-electron chi connectivity index (χ2n) is 6.50. The molecular formula is C23H18FN3O2. The highest BCUT2D eigenvalue weighted by Gasteiger charge is 2.15. The van der Waals surface area contributed by atoms with Gasteiger partial charge in [0.1, 0.15) is 5.82 Å². The number of fused-ring (bicyclic) bond motifs is 1. The highest BCUT2D eigenvalue weighted by molar-refractivity contribution is 6.06. The summed E-state index contributed by atoms with van der Waals surface area (Å²) in [5.74, 6) is -0.600. The molecule has 0 radical (unpaired) electrons. The Hall–Kier alpha value is -3.64. The van der Waals surface area contributed by atoms with Crippen LogP contribution >= 0.6 is 0 Å². The van der Waals surface area contributed by atoms with Gasteiger partial charge in [-0.1, -0.05) is 12.1 Å².